The molecule has 0 amide bonds. The number of nitrogens with one attached hydrogen (secondary N) is 2. The SMILES string of the molecule is CNCC(C)NCc1c(Cl)cccc1Cl. The average molecular weight is 247 g/mol. The molecule has 84 valence electrons. The van der Waals surface area contributed by atoms with Gasteiger partial charge in [-0.25, -0.2) is 0 Å². The minimum absolute atomic E-state index is 0.391. The Labute approximate surface area is 101 Å². The zero-order valence-electron chi connectivity index (χ0n) is 8.98. The van der Waals surface area contributed by atoms with E-state index in [4.69, 9.17) is 23.2 Å². The third kappa shape index (κ3) is 3.99. The fraction of sp³-hybridized carbons (Fsp3) is 0.455. The highest BCUT2D eigenvalue weighted by Gasteiger charge is 2.06. The second kappa shape index (κ2) is 6.33. The van der Waals surface area contributed by atoms with Gasteiger partial charge in [0.15, 0.2) is 0 Å². The highest BCUT2D eigenvalue weighted by Crippen LogP contribution is 2.23. The molecule has 1 unspecified atom stereocenters. The molecule has 0 spiro atoms. The van der Waals surface area contributed by atoms with Crippen molar-refractivity contribution in [2.45, 2.75) is 19.5 Å². The summed E-state index contributed by atoms with van der Waals surface area (Å²) < 4.78 is 0. The van der Waals surface area contributed by atoms with Crippen LogP contribution in [0.2, 0.25) is 10.0 Å². The molecule has 0 fully saturated rings. The van der Waals surface area contributed by atoms with Gasteiger partial charge >= 0.3 is 0 Å². The molecule has 2 nitrogen and oxygen atoms in total. The summed E-state index contributed by atoms with van der Waals surface area (Å²) >= 11 is 12.1. The van der Waals surface area contributed by atoms with E-state index in [-0.39, 0.29) is 0 Å². The molecular formula is C11H16Cl2N2. The summed E-state index contributed by atoms with van der Waals surface area (Å²) in [4.78, 5) is 0. The van der Waals surface area contributed by atoms with Gasteiger partial charge in [-0.3, -0.25) is 0 Å². The van der Waals surface area contributed by atoms with E-state index in [1.54, 1.807) is 0 Å². The molecule has 0 aliphatic heterocycles. The summed E-state index contributed by atoms with van der Waals surface area (Å²) in [6.07, 6.45) is 0. The van der Waals surface area contributed by atoms with Crippen LogP contribution in [0.3, 0.4) is 0 Å². The van der Waals surface area contributed by atoms with E-state index in [0.717, 1.165) is 12.1 Å². The number of hydrogen-bond acceptors (Lipinski definition) is 2. The number of hydrogen-bond donors (Lipinski definition) is 2. The fourth-order valence-corrected chi connectivity index (χ4v) is 1.89. The Bertz CT molecular complexity index is 295. The van der Waals surface area contributed by atoms with E-state index in [1.807, 2.05) is 25.2 Å². The molecule has 0 aliphatic rings. The van der Waals surface area contributed by atoms with E-state index >= 15 is 0 Å². The van der Waals surface area contributed by atoms with Crippen LogP contribution in [0.5, 0.6) is 0 Å². The quantitative estimate of drug-likeness (QED) is 0.835. The summed E-state index contributed by atoms with van der Waals surface area (Å²) in [5.74, 6) is 0. The van der Waals surface area contributed by atoms with E-state index in [2.05, 4.69) is 17.6 Å². The van der Waals surface area contributed by atoms with Crippen LogP contribution < -0.4 is 10.6 Å². The number of halogens is 2. The maximum atomic E-state index is 6.05. The van der Waals surface area contributed by atoms with E-state index in [0.29, 0.717) is 22.6 Å². The zero-order valence-corrected chi connectivity index (χ0v) is 10.5. The first-order valence-corrected chi connectivity index (χ1v) is 5.71. The third-order valence-electron chi connectivity index (χ3n) is 2.20. The van der Waals surface area contributed by atoms with Crippen molar-refractivity contribution in [3.63, 3.8) is 0 Å². The predicted molar refractivity (Wildman–Crippen MR) is 66.7 cm³/mol. The van der Waals surface area contributed by atoms with Crippen molar-refractivity contribution in [3.05, 3.63) is 33.8 Å². The van der Waals surface area contributed by atoms with Gasteiger partial charge in [0.1, 0.15) is 0 Å². The summed E-state index contributed by atoms with van der Waals surface area (Å²) in [6.45, 7) is 3.73. The van der Waals surface area contributed by atoms with Gasteiger partial charge in [0.2, 0.25) is 0 Å². The highest BCUT2D eigenvalue weighted by molar-refractivity contribution is 6.35. The van der Waals surface area contributed by atoms with Gasteiger partial charge in [-0.2, -0.15) is 0 Å². The van der Waals surface area contributed by atoms with Gasteiger partial charge in [0, 0.05) is 34.7 Å². The molecule has 1 rings (SSSR count). The van der Waals surface area contributed by atoms with Gasteiger partial charge in [-0.1, -0.05) is 29.3 Å². The first-order chi connectivity index (χ1) is 7.15. The standard InChI is InChI=1S/C11H16Cl2N2/c1-8(6-14-2)15-7-9-10(12)4-3-5-11(9)13/h3-5,8,14-15H,6-7H2,1-2H3. The Morgan fingerprint density at radius 1 is 1.27 bits per heavy atom. The zero-order chi connectivity index (χ0) is 11.3. The van der Waals surface area contributed by atoms with Gasteiger partial charge in [0.25, 0.3) is 0 Å². The van der Waals surface area contributed by atoms with Crippen molar-refractivity contribution < 1.29 is 0 Å². The minimum atomic E-state index is 0.391. The number of benzene rings is 1. The normalized spacial score (nSPS) is 12.8. The predicted octanol–water partition coefficient (Wildman–Crippen LogP) is 2.69. The van der Waals surface area contributed by atoms with E-state index < -0.39 is 0 Å². The summed E-state index contributed by atoms with van der Waals surface area (Å²) in [5, 5.41) is 7.88. The lowest BCUT2D eigenvalue weighted by molar-refractivity contribution is 0.523. The van der Waals surface area contributed by atoms with Crippen molar-refractivity contribution >= 4 is 23.2 Å². The van der Waals surface area contributed by atoms with Crippen LogP contribution in [0.1, 0.15) is 12.5 Å². The van der Waals surface area contributed by atoms with Crippen LogP contribution in [0.25, 0.3) is 0 Å². The largest absolute Gasteiger partial charge is 0.318 e. The first kappa shape index (κ1) is 12.8. The molecule has 4 heteroatoms. The second-order valence-electron chi connectivity index (χ2n) is 3.54. The van der Waals surface area contributed by atoms with Crippen LogP contribution in [0.4, 0.5) is 0 Å². The van der Waals surface area contributed by atoms with Gasteiger partial charge in [0.05, 0.1) is 0 Å². The van der Waals surface area contributed by atoms with Crippen LogP contribution in [0, 0.1) is 0 Å². The Morgan fingerprint density at radius 3 is 2.40 bits per heavy atom. The van der Waals surface area contributed by atoms with Crippen molar-refractivity contribution in [1.82, 2.24) is 10.6 Å². The second-order valence-corrected chi connectivity index (χ2v) is 4.35. The molecule has 0 aromatic heterocycles. The highest BCUT2D eigenvalue weighted by atomic mass is 35.5. The summed E-state index contributed by atoms with van der Waals surface area (Å²) in [7, 11) is 1.93. The smallest absolute Gasteiger partial charge is 0.0465 e. The lowest BCUT2D eigenvalue weighted by Crippen LogP contribution is -2.34. The van der Waals surface area contributed by atoms with Crippen LogP contribution in [-0.2, 0) is 6.54 Å². The molecule has 0 bridgehead atoms. The molecule has 0 aliphatic carbocycles. The number of likely N-dealkylation sites (N-methyl/N-ethyl adjacent to an activating group) is 1. The average Bonchev–Trinajstić information content (AvgIpc) is 2.17. The molecule has 0 saturated carbocycles. The third-order valence-corrected chi connectivity index (χ3v) is 2.91. The van der Waals surface area contributed by atoms with Crippen molar-refractivity contribution in [3.8, 4) is 0 Å². The van der Waals surface area contributed by atoms with Crippen molar-refractivity contribution in [2.75, 3.05) is 13.6 Å². The molecule has 1 aromatic carbocycles. The maximum absolute atomic E-state index is 6.05. The molecule has 0 heterocycles. The molecule has 0 saturated heterocycles. The Kier molecular flexibility index (Phi) is 5.40. The fourth-order valence-electron chi connectivity index (χ4n) is 1.36. The Hall–Kier alpha value is -0.280. The van der Waals surface area contributed by atoms with Crippen LogP contribution in [0.15, 0.2) is 18.2 Å². The molecule has 1 atom stereocenters. The van der Waals surface area contributed by atoms with E-state index in [1.165, 1.54) is 0 Å². The van der Waals surface area contributed by atoms with Gasteiger partial charge < -0.3 is 10.6 Å². The topological polar surface area (TPSA) is 24.1 Å². The lowest BCUT2D eigenvalue weighted by Gasteiger charge is -2.14. The first-order valence-electron chi connectivity index (χ1n) is 4.96. The summed E-state index contributed by atoms with van der Waals surface area (Å²) in [6, 6.07) is 5.95. The van der Waals surface area contributed by atoms with Crippen LogP contribution >= 0.6 is 23.2 Å². The molecule has 0 radical (unpaired) electrons. The molecule has 15 heavy (non-hydrogen) atoms. The van der Waals surface area contributed by atoms with Crippen LogP contribution in [-0.4, -0.2) is 19.6 Å². The lowest BCUT2D eigenvalue weighted by atomic mass is 10.2. The molecule has 1 aromatic rings. The van der Waals surface area contributed by atoms with Crippen molar-refractivity contribution in [1.29, 1.82) is 0 Å². The van der Waals surface area contributed by atoms with Crippen molar-refractivity contribution in [2.24, 2.45) is 0 Å². The Morgan fingerprint density at radius 2 is 1.87 bits per heavy atom. The van der Waals surface area contributed by atoms with E-state index in [9.17, 15) is 0 Å². The maximum Gasteiger partial charge on any atom is 0.0465 e. The summed E-state index contributed by atoms with van der Waals surface area (Å²) in [5.41, 5.74) is 0.962. The molecule has 2 N–H and O–H groups in total. The van der Waals surface area contributed by atoms with Gasteiger partial charge in [-0.05, 0) is 26.1 Å². The monoisotopic (exact) mass is 246 g/mol. The number of rotatable bonds is 5. The Balaban J connectivity index is 2.57. The molecular weight excluding hydrogens is 231 g/mol. The van der Waals surface area contributed by atoms with Gasteiger partial charge in [-0.15, -0.1) is 0 Å². The minimum Gasteiger partial charge on any atom is -0.318 e.